The Balaban J connectivity index is 2.07. The van der Waals surface area contributed by atoms with Crippen molar-refractivity contribution in [3.05, 3.63) is 35.5 Å². The number of fused-ring (bicyclic) bond motifs is 3. The Kier molecular flexibility index (Phi) is 3.91. The lowest BCUT2D eigenvalue weighted by Crippen LogP contribution is -2.49. The number of rotatable bonds is 4. The van der Waals surface area contributed by atoms with Gasteiger partial charge in [0.25, 0.3) is 0 Å². The van der Waals surface area contributed by atoms with E-state index in [2.05, 4.69) is 4.98 Å². The number of furan rings is 1. The average molecular weight is 332 g/mol. The van der Waals surface area contributed by atoms with E-state index in [0.717, 1.165) is 21.8 Å². The standard InChI is InChI=1S/C17H19BClNO3/c1-16(2,21)17(3,4)23-18-11-9-13(19)20-15-14(11)10-7-5-6-8-12(10)22-15/h5-9,18,21H,1-4H3. The predicted octanol–water partition coefficient (Wildman–Crippen LogP) is 3.18. The number of para-hydroxylation sites is 1. The van der Waals surface area contributed by atoms with Crippen LogP contribution in [0.25, 0.3) is 22.1 Å². The molecule has 23 heavy (non-hydrogen) atoms. The normalized spacial score (nSPS) is 13.0. The van der Waals surface area contributed by atoms with Gasteiger partial charge in [0.1, 0.15) is 10.7 Å². The van der Waals surface area contributed by atoms with Gasteiger partial charge in [0.05, 0.1) is 11.2 Å². The second-order valence-electron chi connectivity index (χ2n) is 6.74. The van der Waals surface area contributed by atoms with Crippen LogP contribution in [0, 0.1) is 0 Å². The molecule has 3 rings (SSSR count). The van der Waals surface area contributed by atoms with E-state index in [1.807, 2.05) is 38.1 Å². The van der Waals surface area contributed by atoms with Crippen molar-refractivity contribution in [1.82, 2.24) is 4.98 Å². The molecule has 6 heteroatoms. The predicted molar refractivity (Wildman–Crippen MR) is 94.8 cm³/mol. The van der Waals surface area contributed by atoms with Crippen molar-refractivity contribution in [1.29, 1.82) is 0 Å². The third kappa shape index (κ3) is 2.96. The first-order valence-electron chi connectivity index (χ1n) is 7.52. The molecule has 0 aliphatic heterocycles. The molecule has 1 aromatic carbocycles. The molecule has 0 saturated heterocycles. The number of nitrogens with zero attached hydrogens (tertiary/aromatic N) is 1. The number of aliphatic hydroxyl groups is 1. The van der Waals surface area contributed by atoms with E-state index in [1.165, 1.54) is 0 Å². The summed E-state index contributed by atoms with van der Waals surface area (Å²) < 4.78 is 11.8. The number of pyridine rings is 1. The van der Waals surface area contributed by atoms with Gasteiger partial charge < -0.3 is 14.2 Å². The molecule has 0 unspecified atom stereocenters. The lowest BCUT2D eigenvalue weighted by molar-refractivity contribution is -0.0893. The maximum Gasteiger partial charge on any atom is 0.310 e. The summed E-state index contributed by atoms with van der Waals surface area (Å²) in [6.07, 6.45) is 0. The monoisotopic (exact) mass is 331 g/mol. The molecule has 0 aliphatic rings. The van der Waals surface area contributed by atoms with Crippen LogP contribution in [0.15, 0.2) is 34.7 Å². The van der Waals surface area contributed by atoms with Crippen LogP contribution >= 0.6 is 11.6 Å². The molecular formula is C17H19BClNO3. The van der Waals surface area contributed by atoms with Crippen molar-refractivity contribution in [3.8, 4) is 0 Å². The van der Waals surface area contributed by atoms with E-state index in [1.54, 1.807) is 19.9 Å². The van der Waals surface area contributed by atoms with Gasteiger partial charge in [0.2, 0.25) is 5.71 Å². The van der Waals surface area contributed by atoms with Crippen LogP contribution in [0.3, 0.4) is 0 Å². The highest BCUT2D eigenvalue weighted by Crippen LogP contribution is 2.28. The van der Waals surface area contributed by atoms with E-state index in [-0.39, 0.29) is 0 Å². The minimum absolute atomic E-state index is 0.305. The van der Waals surface area contributed by atoms with Crippen molar-refractivity contribution in [2.45, 2.75) is 38.9 Å². The zero-order valence-corrected chi connectivity index (χ0v) is 14.4. The van der Waals surface area contributed by atoms with Crippen LogP contribution < -0.4 is 5.46 Å². The fraction of sp³-hybridized carbons (Fsp3) is 0.353. The smallest absolute Gasteiger partial charge is 0.310 e. The van der Waals surface area contributed by atoms with Gasteiger partial charge in [-0.25, -0.2) is 4.98 Å². The second kappa shape index (κ2) is 5.51. The van der Waals surface area contributed by atoms with Crippen LogP contribution in [0.2, 0.25) is 5.15 Å². The molecule has 3 aromatic rings. The highest BCUT2D eigenvalue weighted by atomic mass is 35.5. The fourth-order valence-corrected chi connectivity index (χ4v) is 2.52. The van der Waals surface area contributed by atoms with Gasteiger partial charge >= 0.3 is 7.48 Å². The molecule has 2 heterocycles. The zero-order chi connectivity index (χ0) is 16.8. The maximum absolute atomic E-state index is 10.2. The van der Waals surface area contributed by atoms with Crippen LogP contribution in [0.1, 0.15) is 27.7 Å². The second-order valence-corrected chi connectivity index (χ2v) is 7.13. The van der Waals surface area contributed by atoms with Crippen molar-refractivity contribution < 1.29 is 14.2 Å². The molecule has 0 bridgehead atoms. The molecule has 0 spiro atoms. The molecule has 0 fully saturated rings. The van der Waals surface area contributed by atoms with Crippen molar-refractivity contribution >= 4 is 46.6 Å². The molecule has 1 N–H and O–H groups in total. The summed E-state index contributed by atoms with van der Waals surface area (Å²) >= 11 is 6.12. The van der Waals surface area contributed by atoms with Gasteiger partial charge in [-0.05, 0) is 45.3 Å². The number of halogens is 1. The summed E-state index contributed by atoms with van der Waals surface area (Å²) in [5.74, 6) is 0. The summed E-state index contributed by atoms with van der Waals surface area (Å²) in [6, 6.07) is 9.54. The SMILES string of the molecule is CC(C)(O)C(C)(C)OBc1cc(Cl)nc2oc3ccccc3c12. The molecule has 0 radical (unpaired) electrons. The van der Waals surface area contributed by atoms with E-state index >= 15 is 0 Å². The van der Waals surface area contributed by atoms with Crippen molar-refractivity contribution in [2.24, 2.45) is 0 Å². The Morgan fingerprint density at radius 1 is 1.22 bits per heavy atom. The van der Waals surface area contributed by atoms with E-state index < -0.39 is 11.2 Å². The van der Waals surface area contributed by atoms with Crippen molar-refractivity contribution in [3.63, 3.8) is 0 Å². The average Bonchev–Trinajstić information content (AvgIpc) is 2.81. The summed E-state index contributed by atoms with van der Waals surface area (Å²) in [5, 5.41) is 12.5. The topological polar surface area (TPSA) is 55.5 Å². The van der Waals surface area contributed by atoms with E-state index in [4.69, 9.17) is 20.7 Å². The Morgan fingerprint density at radius 3 is 2.61 bits per heavy atom. The van der Waals surface area contributed by atoms with Gasteiger partial charge in [-0.3, -0.25) is 0 Å². The highest BCUT2D eigenvalue weighted by molar-refractivity contribution is 6.53. The molecular weight excluding hydrogens is 312 g/mol. The Morgan fingerprint density at radius 2 is 1.91 bits per heavy atom. The number of aromatic nitrogens is 1. The zero-order valence-electron chi connectivity index (χ0n) is 13.7. The first-order valence-corrected chi connectivity index (χ1v) is 7.90. The Bertz CT molecular complexity index is 867. The fourth-order valence-electron chi connectivity index (χ4n) is 2.32. The molecule has 2 aromatic heterocycles. The first-order chi connectivity index (χ1) is 10.7. The van der Waals surface area contributed by atoms with Gasteiger partial charge in [0.15, 0.2) is 0 Å². The lowest BCUT2D eigenvalue weighted by Gasteiger charge is -2.37. The van der Waals surface area contributed by atoms with Gasteiger partial charge in [-0.15, -0.1) is 0 Å². The van der Waals surface area contributed by atoms with Gasteiger partial charge in [0, 0.05) is 10.8 Å². The quantitative estimate of drug-likeness (QED) is 0.589. The first kappa shape index (κ1) is 16.3. The summed E-state index contributed by atoms with van der Waals surface area (Å²) in [5.41, 5.74) is 0.469. The summed E-state index contributed by atoms with van der Waals surface area (Å²) in [6.45, 7) is 7.19. The summed E-state index contributed by atoms with van der Waals surface area (Å²) in [7, 11) is 0.305. The molecule has 0 saturated carbocycles. The Labute approximate surface area is 140 Å². The van der Waals surface area contributed by atoms with Crippen LogP contribution in [-0.4, -0.2) is 28.8 Å². The van der Waals surface area contributed by atoms with Gasteiger partial charge in [-0.2, -0.15) is 0 Å². The minimum Gasteiger partial charge on any atom is -0.438 e. The molecule has 0 aliphatic carbocycles. The van der Waals surface area contributed by atoms with Crippen molar-refractivity contribution in [2.75, 3.05) is 0 Å². The largest absolute Gasteiger partial charge is 0.438 e. The number of hydrogen-bond donors (Lipinski definition) is 1. The Hall–Kier alpha value is -1.56. The molecule has 0 amide bonds. The summed E-state index contributed by atoms with van der Waals surface area (Å²) in [4.78, 5) is 4.26. The lowest BCUT2D eigenvalue weighted by atomic mass is 9.81. The molecule has 120 valence electrons. The van der Waals surface area contributed by atoms with Crippen LogP contribution in [-0.2, 0) is 4.65 Å². The van der Waals surface area contributed by atoms with Crippen LogP contribution in [0.4, 0.5) is 0 Å². The minimum atomic E-state index is -0.971. The number of hydrogen-bond acceptors (Lipinski definition) is 4. The van der Waals surface area contributed by atoms with E-state index in [0.29, 0.717) is 18.3 Å². The van der Waals surface area contributed by atoms with E-state index in [9.17, 15) is 5.11 Å². The van der Waals surface area contributed by atoms with Gasteiger partial charge in [-0.1, -0.05) is 29.8 Å². The third-order valence-corrected chi connectivity index (χ3v) is 4.66. The van der Waals surface area contributed by atoms with Crippen LogP contribution in [0.5, 0.6) is 0 Å². The highest BCUT2D eigenvalue weighted by Gasteiger charge is 2.36. The molecule has 4 nitrogen and oxygen atoms in total. The third-order valence-electron chi connectivity index (χ3n) is 4.46. The maximum atomic E-state index is 10.2. The molecule has 0 atom stereocenters. The number of benzene rings is 1.